The van der Waals surface area contributed by atoms with Gasteiger partial charge in [0.2, 0.25) is 0 Å². The molecule has 0 amide bonds. The molecule has 184 valence electrons. The highest BCUT2D eigenvalue weighted by Crippen LogP contribution is 2.44. The van der Waals surface area contributed by atoms with E-state index >= 15 is 0 Å². The predicted molar refractivity (Wildman–Crippen MR) is 129 cm³/mol. The Morgan fingerprint density at radius 3 is 2.09 bits per heavy atom. The number of halogens is 5. The molecule has 1 N–H and O–H groups in total. The van der Waals surface area contributed by atoms with Crippen molar-refractivity contribution in [3.8, 4) is 0 Å². The van der Waals surface area contributed by atoms with Crippen molar-refractivity contribution in [2.45, 2.75) is 22.4 Å². The molecule has 11 heteroatoms. The van der Waals surface area contributed by atoms with E-state index in [2.05, 4.69) is 9.80 Å². The van der Waals surface area contributed by atoms with E-state index in [1.54, 1.807) is 12.1 Å². The fourth-order valence-electron chi connectivity index (χ4n) is 4.22. The molecule has 2 aromatic rings. The van der Waals surface area contributed by atoms with E-state index in [-0.39, 0.29) is 31.4 Å². The SMILES string of the molecule is Cl.Cl.O=S1c2ccccc2N(CCCN2CCN(CCO)CC2)c2cc(C(F)(F)F)ccc21. The van der Waals surface area contributed by atoms with Gasteiger partial charge in [-0.3, -0.25) is 4.90 Å². The van der Waals surface area contributed by atoms with Crippen molar-refractivity contribution in [2.75, 3.05) is 57.3 Å². The Labute approximate surface area is 206 Å². The average Bonchev–Trinajstić information content (AvgIpc) is 2.76. The zero-order valence-electron chi connectivity index (χ0n) is 18.0. The van der Waals surface area contributed by atoms with Crippen LogP contribution in [-0.4, -0.2) is 71.5 Å². The third-order valence-corrected chi connectivity index (χ3v) is 7.36. The third-order valence-electron chi connectivity index (χ3n) is 5.87. The number of anilines is 2. The number of aliphatic hydroxyl groups is 1. The molecule has 1 fully saturated rings. The van der Waals surface area contributed by atoms with Crippen molar-refractivity contribution in [3.05, 3.63) is 48.0 Å². The van der Waals surface area contributed by atoms with Gasteiger partial charge in [-0.25, -0.2) is 4.21 Å². The Bertz CT molecular complexity index is 957. The summed E-state index contributed by atoms with van der Waals surface area (Å²) in [6.45, 7) is 5.86. The van der Waals surface area contributed by atoms with Crippen LogP contribution in [0.1, 0.15) is 12.0 Å². The fourth-order valence-corrected chi connectivity index (χ4v) is 5.58. The van der Waals surface area contributed by atoms with E-state index in [1.165, 1.54) is 6.07 Å². The standard InChI is InChI=1S/C22H26F3N3O2S.2ClH/c23-22(24,25)17-6-7-21-19(16-17)28(18-4-1-2-5-20(18)31(21)30)9-3-8-26-10-12-27(13-11-26)14-15-29;;/h1-2,4-7,16,29H,3,8-15H2;2*1H. The number of benzene rings is 2. The second-order valence-electron chi connectivity index (χ2n) is 7.83. The number of aliphatic hydroxyl groups excluding tert-OH is 1. The van der Waals surface area contributed by atoms with Gasteiger partial charge in [-0.05, 0) is 43.3 Å². The molecule has 2 aliphatic heterocycles. The van der Waals surface area contributed by atoms with Gasteiger partial charge in [-0.15, -0.1) is 24.8 Å². The lowest BCUT2D eigenvalue weighted by Crippen LogP contribution is -2.47. The molecule has 2 aromatic carbocycles. The first kappa shape index (κ1) is 27.9. The van der Waals surface area contributed by atoms with Gasteiger partial charge in [-0.1, -0.05) is 12.1 Å². The van der Waals surface area contributed by atoms with E-state index in [1.807, 2.05) is 17.0 Å². The summed E-state index contributed by atoms with van der Waals surface area (Å²) in [6, 6.07) is 10.7. The van der Waals surface area contributed by atoms with Crippen molar-refractivity contribution in [1.29, 1.82) is 0 Å². The van der Waals surface area contributed by atoms with Crippen LogP contribution in [0.4, 0.5) is 24.5 Å². The third kappa shape index (κ3) is 6.21. The van der Waals surface area contributed by atoms with Crippen LogP contribution in [-0.2, 0) is 17.0 Å². The maximum absolute atomic E-state index is 13.3. The molecular weight excluding hydrogens is 498 g/mol. The molecule has 5 nitrogen and oxygen atoms in total. The lowest BCUT2D eigenvalue weighted by molar-refractivity contribution is -0.137. The maximum atomic E-state index is 13.3. The molecule has 0 spiro atoms. The van der Waals surface area contributed by atoms with Gasteiger partial charge in [0, 0.05) is 39.3 Å². The summed E-state index contributed by atoms with van der Waals surface area (Å²) in [7, 11) is -1.51. The number of piperazine rings is 1. The van der Waals surface area contributed by atoms with Crippen LogP contribution >= 0.6 is 24.8 Å². The lowest BCUT2D eigenvalue weighted by atomic mass is 10.1. The smallest absolute Gasteiger partial charge is 0.395 e. The van der Waals surface area contributed by atoms with Gasteiger partial charge in [0.05, 0.1) is 44.1 Å². The van der Waals surface area contributed by atoms with Crippen molar-refractivity contribution in [1.82, 2.24) is 9.80 Å². The molecule has 1 saturated heterocycles. The largest absolute Gasteiger partial charge is 0.416 e. The molecule has 4 rings (SSSR count). The molecule has 0 aliphatic carbocycles. The first-order chi connectivity index (χ1) is 14.9. The molecule has 2 aliphatic rings. The molecule has 2 heterocycles. The van der Waals surface area contributed by atoms with E-state index in [0.29, 0.717) is 34.3 Å². The molecule has 1 atom stereocenters. The first-order valence-electron chi connectivity index (χ1n) is 10.4. The van der Waals surface area contributed by atoms with Crippen LogP contribution in [0.2, 0.25) is 0 Å². The van der Waals surface area contributed by atoms with Gasteiger partial charge in [0.25, 0.3) is 0 Å². The average molecular weight is 526 g/mol. The number of nitrogens with zero attached hydrogens (tertiary/aromatic N) is 3. The van der Waals surface area contributed by atoms with Gasteiger partial charge in [0.15, 0.2) is 0 Å². The number of hydrogen-bond donors (Lipinski definition) is 1. The second kappa shape index (κ2) is 11.9. The van der Waals surface area contributed by atoms with Crippen molar-refractivity contribution in [3.63, 3.8) is 0 Å². The van der Waals surface area contributed by atoms with Crippen molar-refractivity contribution in [2.24, 2.45) is 0 Å². The van der Waals surface area contributed by atoms with E-state index in [4.69, 9.17) is 5.11 Å². The van der Waals surface area contributed by atoms with Gasteiger partial charge in [0.1, 0.15) is 0 Å². The summed E-state index contributed by atoms with van der Waals surface area (Å²) in [6.07, 6.45) is -3.68. The summed E-state index contributed by atoms with van der Waals surface area (Å²) in [5, 5.41) is 9.07. The van der Waals surface area contributed by atoms with Crippen LogP contribution in [0.15, 0.2) is 52.3 Å². The summed E-state index contributed by atoms with van der Waals surface area (Å²) in [4.78, 5) is 7.50. The highest BCUT2D eigenvalue weighted by Gasteiger charge is 2.34. The number of hydrogen-bond acceptors (Lipinski definition) is 5. The molecule has 0 aromatic heterocycles. The predicted octanol–water partition coefficient (Wildman–Crippen LogP) is 4.17. The molecule has 1 unspecified atom stereocenters. The number of fused-ring (bicyclic) bond motifs is 2. The van der Waals surface area contributed by atoms with E-state index in [0.717, 1.165) is 51.3 Å². The Morgan fingerprint density at radius 1 is 0.848 bits per heavy atom. The summed E-state index contributed by atoms with van der Waals surface area (Å²) in [5.74, 6) is 0. The molecule has 0 bridgehead atoms. The number of rotatable bonds is 6. The van der Waals surface area contributed by atoms with Gasteiger partial charge < -0.3 is 14.9 Å². The van der Waals surface area contributed by atoms with Gasteiger partial charge >= 0.3 is 6.18 Å². The Balaban J connectivity index is 0.00000193. The van der Waals surface area contributed by atoms with E-state index in [9.17, 15) is 17.4 Å². The second-order valence-corrected chi connectivity index (χ2v) is 9.25. The highest BCUT2D eigenvalue weighted by atomic mass is 35.5. The van der Waals surface area contributed by atoms with Crippen LogP contribution in [0.25, 0.3) is 0 Å². The highest BCUT2D eigenvalue weighted by molar-refractivity contribution is 7.85. The van der Waals surface area contributed by atoms with E-state index < -0.39 is 22.5 Å². The van der Waals surface area contributed by atoms with Crippen LogP contribution in [0.5, 0.6) is 0 Å². The van der Waals surface area contributed by atoms with Crippen LogP contribution in [0.3, 0.4) is 0 Å². The summed E-state index contributed by atoms with van der Waals surface area (Å²) < 4.78 is 53.0. The van der Waals surface area contributed by atoms with Crippen LogP contribution < -0.4 is 4.90 Å². The Hall–Kier alpha value is -1.36. The fraction of sp³-hybridized carbons (Fsp3) is 0.455. The molecule has 0 saturated carbocycles. The minimum absolute atomic E-state index is 0. The molecular formula is C22H28Cl2F3N3O2S. The normalized spacial score (nSPS) is 18.7. The van der Waals surface area contributed by atoms with Gasteiger partial charge in [-0.2, -0.15) is 13.2 Å². The zero-order chi connectivity index (χ0) is 22.0. The Morgan fingerprint density at radius 2 is 1.45 bits per heavy atom. The zero-order valence-corrected chi connectivity index (χ0v) is 20.4. The lowest BCUT2D eigenvalue weighted by Gasteiger charge is -2.36. The van der Waals surface area contributed by atoms with Crippen molar-refractivity contribution < 1.29 is 22.5 Å². The van der Waals surface area contributed by atoms with Crippen molar-refractivity contribution >= 4 is 47.0 Å². The van der Waals surface area contributed by atoms with Crippen LogP contribution in [0, 0.1) is 0 Å². The Kier molecular flexibility index (Phi) is 10.0. The quantitative estimate of drug-likeness (QED) is 0.613. The topological polar surface area (TPSA) is 47.0 Å². The number of para-hydroxylation sites is 1. The number of β-amino-alcohol motifs (C(OH)–C–C–N with tert-alkyl or cyclic N) is 1. The molecule has 33 heavy (non-hydrogen) atoms. The first-order valence-corrected chi connectivity index (χ1v) is 11.6. The monoisotopic (exact) mass is 525 g/mol. The maximum Gasteiger partial charge on any atom is 0.416 e. The number of alkyl halides is 3. The summed E-state index contributed by atoms with van der Waals surface area (Å²) in [5.41, 5.74) is 0.354. The molecule has 0 radical (unpaired) electrons. The summed E-state index contributed by atoms with van der Waals surface area (Å²) >= 11 is 0. The minimum atomic E-state index is -4.45. The minimum Gasteiger partial charge on any atom is -0.395 e.